The van der Waals surface area contributed by atoms with Crippen molar-refractivity contribution >= 4 is 15.6 Å². The first-order valence-electron chi connectivity index (χ1n) is 3.58. The van der Waals surface area contributed by atoms with Crippen molar-refractivity contribution in [3.8, 4) is 5.75 Å². The zero-order chi connectivity index (χ0) is 8.81. The molecule has 1 aromatic carbocycles. The van der Waals surface area contributed by atoms with Crippen LogP contribution in [-0.4, -0.2) is 11.3 Å². The number of hydrogen-bond acceptors (Lipinski definition) is 3. The first kappa shape index (κ1) is 9.01. The van der Waals surface area contributed by atoms with E-state index >= 15 is 0 Å². The highest BCUT2D eigenvalue weighted by Crippen LogP contribution is 2.09. The number of nitrogens with zero attached hydrogens (tertiary/aromatic N) is 1. The third kappa shape index (κ3) is 2.89. The average molecular weight is 182 g/mol. The molecule has 0 heterocycles. The number of phenols is 1. The van der Waals surface area contributed by atoms with Gasteiger partial charge in [0.1, 0.15) is 5.75 Å². The van der Waals surface area contributed by atoms with E-state index in [1.54, 1.807) is 18.3 Å². The van der Waals surface area contributed by atoms with Crippen molar-refractivity contribution in [2.45, 2.75) is 6.42 Å². The van der Waals surface area contributed by atoms with Gasteiger partial charge in [0.25, 0.3) is 0 Å². The Kier molecular flexibility index (Phi) is 3.55. The minimum atomic E-state index is 0.292. The second-order valence-corrected chi connectivity index (χ2v) is 2.57. The summed E-state index contributed by atoms with van der Waals surface area (Å²) in [7, 11) is 2.29. The highest BCUT2D eigenvalue weighted by Gasteiger charge is 1.89. The molecule has 0 aliphatic heterocycles. The summed E-state index contributed by atoms with van der Waals surface area (Å²) in [5.41, 5.74) is 1.12. The van der Waals surface area contributed by atoms with Gasteiger partial charge in [0.15, 0.2) is 0 Å². The molecule has 2 N–H and O–H groups in total. The predicted octanol–water partition coefficient (Wildman–Crippen LogP) is 1.30. The Morgan fingerprint density at radius 2 is 2.08 bits per heavy atom. The Bertz CT molecular complexity index is 258. The highest BCUT2D eigenvalue weighted by molar-refractivity contribution is 7.13. The highest BCUT2D eigenvalue weighted by atomic mass is 31.0. The number of aromatic hydroxyl groups is 1. The van der Waals surface area contributed by atoms with Crippen LogP contribution in [0.25, 0.3) is 0 Å². The monoisotopic (exact) mass is 182 g/mol. The summed E-state index contributed by atoms with van der Waals surface area (Å²) in [5, 5.41) is 15.4. The lowest BCUT2D eigenvalue weighted by atomic mass is 10.2. The number of rotatable bonds is 3. The summed E-state index contributed by atoms with van der Waals surface area (Å²) in [6.45, 7) is 0. The zero-order valence-corrected chi connectivity index (χ0v) is 7.72. The fraction of sp³-hybridized carbons (Fsp3) is 0.125. The van der Waals surface area contributed by atoms with E-state index in [-0.39, 0.29) is 0 Å². The van der Waals surface area contributed by atoms with E-state index in [0.717, 1.165) is 12.0 Å². The van der Waals surface area contributed by atoms with E-state index in [1.165, 1.54) is 0 Å². The van der Waals surface area contributed by atoms with Crippen molar-refractivity contribution in [1.82, 2.24) is 5.20 Å². The molecular formula is C8H11N2OP. The second-order valence-electron chi connectivity index (χ2n) is 2.31. The fourth-order valence-corrected chi connectivity index (χ4v) is 0.941. The van der Waals surface area contributed by atoms with E-state index in [4.69, 9.17) is 5.11 Å². The maximum atomic E-state index is 8.98. The maximum absolute atomic E-state index is 8.98. The molecule has 0 saturated heterocycles. The molecule has 0 bridgehead atoms. The Labute approximate surface area is 73.8 Å². The summed E-state index contributed by atoms with van der Waals surface area (Å²) < 4.78 is 0. The Morgan fingerprint density at radius 3 is 2.67 bits per heavy atom. The van der Waals surface area contributed by atoms with Gasteiger partial charge in [-0.05, 0) is 27.1 Å². The van der Waals surface area contributed by atoms with Gasteiger partial charge in [-0.2, -0.15) is 5.10 Å². The van der Waals surface area contributed by atoms with Crippen LogP contribution in [0.2, 0.25) is 0 Å². The van der Waals surface area contributed by atoms with Crippen molar-refractivity contribution < 1.29 is 5.11 Å². The summed E-state index contributed by atoms with van der Waals surface area (Å²) in [6.07, 6.45) is 2.53. The molecular weight excluding hydrogens is 171 g/mol. The van der Waals surface area contributed by atoms with Crippen LogP contribution in [0.15, 0.2) is 29.4 Å². The Hall–Kier alpha value is -1.08. The topological polar surface area (TPSA) is 44.6 Å². The largest absolute Gasteiger partial charge is 0.508 e. The molecule has 0 spiro atoms. The molecule has 0 saturated carbocycles. The molecule has 1 aromatic rings. The van der Waals surface area contributed by atoms with Crippen LogP contribution in [0.1, 0.15) is 5.56 Å². The number of benzene rings is 1. The quantitative estimate of drug-likeness (QED) is 0.420. The molecule has 1 unspecified atom stereocenters. The van der Waals surface area contributed by atoms with Crippen LogP contribution in [-0.2, 0) is 6.42 Å². The summed E-state index contributed by atoms with van der Waals surface area (Å²) >= 11 is 0. The minimum absolute atomic E-state index is 0.292. The Morgan fingerprint density at radius 1 is 1.42 bits per heavy atom. The number of nitrogens with one attached hydrogen (secondary N) is 1. The van der Waals surface area contributed by atoms with Crippen LogP contribution in [0.5, 0.6) is 5.75 Å². The third-order valence-corrected chi connectivity index (χ3v) is 1.58. The van der Waals surface area contributed by atoms with Gasteiger partial charge in [-0.15, -0.1) is 0 Å². The molecule has 3 nitrogen and oxygen atoms in total. The van der Waals surface area contributed by atoms with Crippen molar-refractivity contribution in [2.75, 3.05) is 0 Å². The van der Waals surface area contributed by atoms with Gasteiger partial charge in [-0.3, -0.25) is 5.20 Å². The number of hydrogen-bond donors (Lipinski definition) is 2. The van der Waals surface area contributed by atoms with E-state index < -0.39 is 0 Å². The average Bonchev–Trinajstić information content (AvgIpc) is 2.09. The van der Waals surface area contributed by atoms with Crippen molar-refractivity contribution in [2.24, 2.45) is 5.10 Å². The molecule has 4 heteroatoms. The van der Waals surface area contributed by atoms with E-state index in [1.807, 2.05) is 12.1 Å². The maximum Gasteiger partial charge on any atom is 0.115 e. The first-order valence-corrected chi connectivity index (χ1v) is 4.15. The molecule has 0 fully saturated rings. The van der Waals surface area contributed by atoms with E-state index in [2.05, 4.69) is 19.7 Å². The minimum Gasteiger partial charge on any atom is -0.508 e. The molecule has 0 aromatic heterocycles. The zero-order valence-electron chi connectivity index (χ0n) is 6.57. The molecule has 64 valence electrons. The molecule has 0 aliphatic rings. The van der Waals surface area contributed by atoms with Gasteiger partial charge in [-0.1, -0.05) is 12.1 Å². The molecule has 1 atom stereocenters. The SMILES string of the molecule is Oc1ccc(C/C=N/NP)cc1. The van der Waals surface area contributed by atoms with Gasteiger partial charge in [0.05, 0.1) is 0 Å². The van der Waals surface area contributed by atoms with Crippen molar-refractivity contribution in [3.05, 3.63) is 29.8 Å². The molecule has 0 radical (unpaired) electrons. The van der Waals surface area contributed by atoms with Crippen LogP contribution in [0.3, 0.4) is 0 Å². The summed E-state index contributed by atoms with van der Waals surface area (Å²) in [4.78, 5) is 0. The lowest BCUT2D eigenvalue weighted by Gasteiger charge is -1.95. The summed E-state index contributed by atoms with van der Waals surface area (Å²) in [5.74, 6) is 0.292. The van der Waals surface area contributed by atoms with Crippen LogP contribution in [0.4, 0.5) is 0 Å². The lowest BCUT2D eigenvalue weighted by molar-refractivity contribution is 0.475. The number of hydrazone groups is 1. The Balaban J connectivity index is 2.53. The van der Waals surface area contributed by atoms with E-state index in [0.29, 0.717) is 5.75 Å². The third-order valence-electron chi connectivity index (χ3n) is 1.43. The standard InChI is InChI=1S/C8H11N2OP/c11-8-3-1-7(2-4-8)5-6-9-10-12/h1-4,6,10-11H,5,12H2/b9-6+. The molecule has 0 amide bonds. The molecule has 0 aliphatic carbocycles. The number of phenolic OH excluding ortho intramolecular Hbond substituents is 1. The van der Waals surface area contributed by atoms with E-state index in [9.17, 15) is 0 Å². The smallest absolute Gasteiger partial charge is 0.115 e. The van der Waals surface area contributed by atoms with Gasteiger partial charge in [0.2, 0.25) is 0 Å². The lowest BCUT2D eigenvalue weighted by Crippen LogP contribution is -1.89. The van der Waals surface area contributed by atoms with Crippen LogP contribution < -0.4 is 5.20 Å². The summed E-state index contributed by atoms with van der Waals surface area (Å²) in [6, 6.07) is 7.06. The first-order chi connectivity index (χ1) is 5.83. The second kappa shape index (κ2) is 4.73. The van der Waals surface area contributed by atoms with Crippen LogP contribution >= 0.6 is 9.39 Å². The normalized spacial score (nSPS) is 10.4. The van der Waals surface area contributed by atoms with Crippen molar-refractivity contribution in [1.29, 1.82) is 0 Å². The molecule has 1 rings (SSSR count). The van der Waals surface area contributed by atoms with Gasteiger partial charge in [-0.25, -0.2) is 0 Å². The van der Waals surface area contributed by atoms with Gasteiger partial charge in [0, 0.05) is 12.6 Å². The predicted molar refractivity (Wildman–Crippen MR) is 53.1 cm³/mol. The van der Waals surface area contributed by atoms with Crippen LogP contribution in [0, 0.1) is 0 Å². The van der Waals surface area contributed by atoms with Crippen molar-refractivity contribution in [3.63, 3.8) is 0 Å². The molecule has 12 heavy (non-hydrogen) atoms. The van der Waals surface area contributed by atoms with Gasteiger partial charge < -0.3 is 5.11 Å². The van der Waals surface area contributed by atoms with Gasteiger partial charge >= 0.3 is 0 Å². The fourth-order valence-electron chi connectivity index (χ4n) is 0.836.